The zero-order valence-electron chi connectivity index (χ0n) is 26.6. The van der Waals surface area contributed by atoms with Gasteiger partial charge in [-0.15, -0.1) is 0 Å². The third kappa shape index (κ3) is 9.30. The lowest BCUT2D eigenvalue weighted by Crippen LogP contribution is -2.35. The molecule has 4 N–H and O–H groups in total. The molecule has 2 amide bonds. The summed E-state index contributed by atoms with van der Waals surface area (Å²) >= 11 is 13.0. The monoisotopic (exact) mass is 674 g/mol. The minimum atomic E-state index is -1.16. The number of carbonyl (C=O) groups is 2. The van der Waals surface area contributed by atoms with Gasteiger partial charge < -0.3 is 20.8 Å². The van der Waals surface area contributed by atoms with Crippen molar-refractivity contribution in [1.29, 1.82) is 0 Å². The number of para-hydroxylation sites is 1. The summed E-state index contributed by atoms with van der Waals surface area (Å²) in [5.74, 6) is -0.999. The molecule has 0 aliphatic rings. The van der Waals surface area contributed by atoms with Gasteiger partial charge in [0.15, 0.2) is 12.1 Å². The second kappa shape index (κ2) is 15.9. The molecule has 0 radical (unpaired) electrons. The van der Waals surface area contributed by atoms with Gasteiger partial charge in [0.05, 0.1) is 22.3 Å². The molecule has 4 unspecified atom stereocenters. The topological polar surface area (TPSA) is 148 Å². The molecule has 0 aliphatic carbocycles. The van der Waals surface area contributed by atoms with E-state index in [9.17, 15) is 19.8 Å². The first-order chi connectivity index (χ1) is 22.3. The Labute approximate surface area is 283 Å². The van der Waals surface area contributed by atoms with E-state index in [1.165, 1.54) is 13.8 Å². The molecule has 4 atom stereocenters. The van der Waals surface area contributed by atoms with Gasteiger partial charge in [-0.05, 0) is 93.3 Å². The van der Waals surface area contributed by atoms with Crippen LogP contribution in [0.4, 0.5) is 22.7 Å². The summed E-state index contributed by atoms with van der Waals surface area (Å²) in [6.07, 6.45) is -2.19. The van der Waals surface area contributed by atoms with Crippen LogP contribution >= 0.6 is 23.2 Å². The lowest BCUT2D eigenvalue weighted by molar-refractivity contribution is -0.120. The smallest absolute Gasteiger partial charge is 0.253 e. The number of amides is 2. The highest BCUT2D eigenvalue weighted by molar-refractivity contribution is 6.34. The maximum atomic E-state index is 12.9. The SMILES string of the molecule is Cc1ccc(NC(=O)C(N=Nc2ccc(-c3ccc(N=NC(C(=O)Nc4ccccc4C)C(C)O)c(Cl)c3)cc2Cl)C(C)O)c(C)c1. The van der Waals surface area contributed by atoms with Gasteiger partial charge in [-0.3, -0.25) is 9.59 Å². The molecule has 0 aromatic heterocycles. The van der Waals surface area contributed by atoms with Gasteiger partial charge in [-0.25, -0.2) is 0 Å². The van der Waals surface area contributed by atoms with Crippen LogP contribution in [-0.4, -0.2) is 46.3 Å². The number of carbonyl (C=O) groups excluding carboxylic acids is 2. The molecular formula is C35H36Cl2N6O4. The van der Waals surface area contributed by atoms with E-state index in [4.69, 9.17) is 23.2 Å². The molecule has 4 aromatic rings. The first-order valence-electron chi connectivity index (χ1n) is 14.9. The first kappa shape index (κ1) is 35.4. The molecule has 47 heavy (non-hydrogen) atoms. The molecule has 0 saturated carbocycles. The standard InChI is InChI=1S/C35H36Cl2N6O4/c1-19-10-13-29(21(3)16-19)39-35(47)33(23(5)45)43-41-31-15-12-25(18-27(31)37)24-11-14-30(26(36)17-24)40-42-32(22(4)44)34(46)38-28-9-7-6-8-20(28)2/h6-18,22-23,32-33,44-45H,1-5H3,(H,38,46)(H,39,47). The number of rotatable bonds is 11. The van der Waals surface area contributed by atoms with Crippen molar-refractivity contribution in [3.63, 3.8) is 0 Å². The largest absolute Gasteiger partial charge is 0.391 e. The average molecular weight is 676 g/mol. The molecule has 0 bridgehead atoms. The Hall–Kier alpha value is -4.48. The molecule has 0 fully saturated rings. The van der Waals surface area contributed by atoms with E-state index in [0.29, 0.717) is 22.7 Å². The van der Waals surface area contributed by atoms with E-state index in [-0.39, 0.29) is 10.0 Å². The summed E-state index contributed by atoms with van der Waals surface area (Å²) in [5, 5.41) is 43.1. The highest BCUT2D eigenvalue weighted by Gasteiger charge is 2.25. The number of benzene rings is 4. The lowest BCUT2D eigenvalue weighted by atomic mass is 10.0. The van der Waals surface area contributed by atoms with Crippen LogP contribution < -0.4 is 10.6 Å². The average Bonchev–Trinajstić information content (AvgIpc) is 3.01. The fraction of sp³-hybridized carbons (Fsp3) is 0.257. The Morgan fingerprint density at radius 2 is 1.11 bits per heavy atom. The van der Waals surface area contributed by atoms with E-state index in [0.717, 1.165) is 27.8 Å². The Balaban J connectivity index is 1.47. The molecule has 4 aromatic carbocycles. The van der Waals surface area contributed by atoms with Crippen molar-refractivity contribution in [3.05, 3.63) is 106 Å². The highest BCUT2D eigenvalue weighted by atomic mass is 35.5. The predicted molar refractivity (Wildman–Crippen MR) is 186 cm³/mol. The summed E-state index contributed by atoms with van der Waals surface area (Å²) in [4.78, 5) is 25.8. The maximum absolute atomic E-state index is 12.9. The normalized spacial score (nSPS) is 14.1. The zero-order valence-corrected chi connectivity index (χ0v) is 28.1. The van der Waals surface area contributed by atoms with Crippen molar-refractivity contribution in [2.75, 3.05) is 10.6 Å². The van der Waals surface area contributed by atoms with Gasteiger partial charge >= 0.3 is 0 Å². The summed E-state index contributed by atoms with van der Waals surface area (Å²) in [6.45, 7) is 8.64. The number of azo groups is 2. The number of halogens is 2. The van der Waals surface area contributed by atoms with Crippen LogP contribution in [0.3, 0.4) is 0 Å². The molecule has 4 rings (SSSR count). The Morgan fingerprint density at radius 1 is 0.638 bits per heavy atom. The summed E-state index contributed by atoms with van der Waals surface area (Å²) in [7, 11) is 0. The van der Waals surface area contributed by atoms with E-state index < -0.39 is 36.1 Å². The summed E-state index contributed by atoms with van der Waals surface area (Å²) < 4.78 is 0. The van der Waals surface area contributed by atoms with Crippen LogP contribution in [0.5, 0.6) is 0 Å². The number of hydrogen-bond donors (Lipinski definition) is 4. The van der Waals surface area contributed by atoms with Gasteiger partial charge in [0.25, 0.3) is 11.8 Å². The Bertz CT molecular complexity index is 1830. The second-order valence-electron chi connectivity index (χ2n) is 11.2. The number of nitrogens with one attached hydrogen (secondary N) is 2. The Morgan fingerprint density at radius 3 is 1.53 bits per heavy atom. The zero-order chi connectivity index (χ0) is 34.2. The quantitative estimate of drug-likeness (QED) is 0.118. The van der Waals surface area contributed by atoms with Crippen molar-refractivity contribution in [2.24, 2.45) is 20.5 Å². The minimum absolute atomic E-state index is 0.268. The maximum Gasteiger partial charge on any atom is 0.253 e. The summed E-state index contributed by atoms with van der Waals surface area (Å²) in [5.41, 5.74) is 6.13. The van der Waals surface area contributed by atoms with Gasteiger partial charge in [-0.2, -0.15) is 20.5 Å². The van der Waals surface area contributed by atoms with E-state index in [1.54, 1.807) is 54.6 Å². The summed E-state index contributed by atoms with van der Waals surface area (Å²) in [6, 6.07) is 20.8. The minimum Gasteiger partial charge on any atom is -0.391 e. The number of aryl methyl sites for hydroxylation is 3. The van der Waals surface area contributed by atoms with Gasteiger partial charge in [0.2, 0.25) is 0 Å². The molecule has 0 spiro atoms. The van der Waals surface area contributed by atoms with Crippen LogP contribution in [0, 0.1) is 20.8 Å². The molecule has 0 saturated heterocycles. The van der Waals surface area contributed by atoms with Gasteiger partial charge in [-0.1, -0.05) is 71.2 Å². The molecule has 0 heterocycles. The van der Waals surface area contributed by atoms with Crippen LogP contribution in [0.2, 0.25) is 10.0 Å². The van der Waals surface area contributed by atoms with Crippen molar-refractivity contribution in [3.8, 4) is 11.1 Å². The molecule has 12 heteroatoms. The van der Waals surface area contributed by atoms with Crippen molar-refractivity contribution in [2.45, 2.75) is 58.9 Å². The van der Waals surface area contributed by atoms with E-state index in [2.05, 4.69) is 31.1 Å². The number of anilines is 2. The number of hydrogen-bond acceptors (Lipinski definition) is 8. The first-order valence-corrected chi connectivity index (χ1v) is 15.6. The molecular weight excluding hydrogens is 639 g/mol. The highest BCUT2D eigenvalue weighted by Crippen LogP contribution is 2.35. The molecule has 0 aliphatic heterocycles. The van der Waals surface area contributed by atoms with Gasteiger partial charge in [0.1, 0.15) is 11.4 Å². The number of nitrogens with zero attached hydrogens (tertiary/aromatic N) is 4. The van der Waals surface area contributed by atoms with Gasteiger partial charge in [0, 0.05) is 11.4 Å². The lowest BCUT2D eigenvalue weighted by Gasteiger charge is -2.16. The van der Waals surface area contributed by atoms with Crippen LogP contribution in [0.1, 0.15) is 30.5 Å². The van der Waals surface area contributed by atoms with Crippen molar-refractivity contribution >= 4 is 57.8 Å². The number of aliphatic hydroxyl groups excluding tert-OH is 2. The fourth-order valence-corrected chi connectivity index (χ4v) is 5.04. The number of aliphatic hydroxyl groups is 2. The third-order valence-corrected chi connectivity index (χ3v) is 7.91. The van der Waals surface area contributed by atoms with Crippen LogP contribution in [0.25, 0.3) is 11.1 Å². The molecule has 244 valence electrons. The van der Waals surface area contributed by atoms with E-state index in [1.807, 2.05) is 45.0 Å². The van der Waals surface area contributed by atoms with Crippen molar-refractivity contribution < 1.29 is 19.8 Å². The van der Waals surface area contributed by atoms with Crippen LogP contribution in [0.15, 0.2) is 99.3 Å². The predicted octanol–water partition coefficient (Wildman–Crippen LogP) is 8.53. The van der Waals surface area contributed by atoms with Crippen LogP contribution in [-0.2, 0) is 9.59 Å². The molecule has 10 nitrogen and oxygen atoms in total. The van der Waals surface area contributed by atoms with Crippen molar-refractivity contribution in [1.82, 2.24) is 0 Å². The van der Waals surface area contributed by atoms with E-state index >= 15 is 0 Å². The Kier molecular flexibility index (Phi) is 12.0. The third-order valence-electron chi connectivity index (χ3n) is 7.30. The second-order valence-corrected chi connectivity index (χ2v) is 12.1. The fourth-order valence-electron chi connectivity index (χ4n) is 4.60.